The van der Waals surface area contributed by atoms with Gasteiger partial charge in [0.2, 0.25) is 0 Å². The van der Waals surface area contributed by atoms with Crippen molar-refractivity contribution in [2.24, 2.45) is 17.8 Å². The number of nitrogens with zero attached hydrogens (tertiary/aromatic N) is 2. The Morgan fingerprint density at radius 1 is 1.53 bits per heavy atom. The first-order valence-electron chi connectivity index (χ1n) is 6.46. The van der Waals surface area contributed by atoms with Crippen LogP contribution in [0, 0.1) is 17.8 Å². The predicted octanol–water partition coefficient (Wildman–Crippen LogP) is 3.18. The highest BCUT2D eigenvalue weighted by Crippen LogP contribution is 2.49. The van der Waals surface area contributed by atoms with Gasteiger partial charge in [-0.05, 0) is 38.0 Å². The zero-order valence-corrected chi connectivity index (χ0v) is 10.8. The molecular weight excluding hydrogens is 236 g/mol. The third-order valence-electron chi connectivity index (χ3n) is 4.40. The van der Waals surface area contributed by atoms with Gasteiger partial charge in [-0.25, -0.2) is 0 Å². The first-order valence-corrected chi connectivity index (χ1v) is 6.84. The van der Waals surface area contributed by atoms with Crippen LogP contribution in [0.2, 0.25) is 5.02 Å². The Bertz CT molecular complexity index is 454. The Morgan fingerprint density at radius 3 is 2.94 bits per heavy atom. The molecular formula is C13H17ClN2O. The standard InChI is InChI=1S/C13H17ClN2O/c1-2-16-12(11(14)7-15-16)13(17)10-6-8-3-4-9(10)5-8/h7-10H,2-6H2,1H3. The SMILES string of the molecule is CCn1ncc(Cl)c1C(=O)C1CC2CCC1C2. The molecule has 4 heteroatoms. The quantitative estimate of drug-likeness (QED) is 0.775. The van der Waals surface area contributed by atoms with Gasteiger partial charge in [-0.3, -0.25) is 9.48 Å². The summed E-state index contributed by atoms with van der Waals surface area (Å²) < 4.78 is 1.73. The van der Waals surface area contributed by atoms with E-state index in [4.69, 9.17) is 11.6 Å². The molecule has 3 atom stereocenters. The lowest BCUT2D eigenvalue weighted by Crippen LogP contribution is -2.24. The monoisotopic (exact) mass is 252 g/mol. The van der Waals surface area contributed by atoms with Crippen LogP contribution in [-0.4, -0.2) is 15.6 Å². The van der Waals surface area contributed by atoms with E-state index in [0.717, 1.165) is 12.3 Å². The molecule has 2 saturated carbocycles. The predicted molar refractivity (Wildman–Crippen MR) is 66.2 cm³/mol. The lowest BCUT2D eigenvalue weighted by Gasteiger charge is -2.20. The third-order valence-corrected chi connectivity index (χ3v) is 4.68. The minimum Gasteiger partial charge on any atom is -0.292 e. The number of ketones is 1. The molecule has 2 aliphatic rings. The molecule has 0 aromatic carbocycles. The van der Waals surface area contributed by atoms with Crippen LogP contribution >= 0.6 is 11.6 Å². The van der Waals surface area contributed by atoms with Crippen LogP contribution in [0.5, 0.6) is 0 Å². The largest absolute Gasteiger partial charge is 0.292 e. The second-order valence-corrected chi connectivity index (χ2v) is 5.71. The van der Waals surface area contributed by atoms with Gasteiger partial charge in [0.25, 0.3) is 0 Å². The fourth-order valence-electron chi connectivity index (χ4n) is 3.59. The molecule has 0 aliphatic heterocycles. The van der Waals surface area contributed by atoms with Gasteiger partial charge in [0.05, 0.1) is 11.2 Å². The molecule has 1 aromatic heterocycles. The summed E-state index contributed by atoms with van der Waals surface area (Å²) in [6, 6.07) is 0. The van der Waals surface area contributed by atoms with Crippen LogP contribution in [0.1, 0.15) is 43.1 Å². The highest BCUT2D eigenvalue weighted by molar-refractivity contribution is 6.33. The zero-order valence-electron chi connectivity index (χ0n) is 10.0. The highest BCUT2D eigenvalue weighted by atomic mass is 35.5. The van der Waals surface area contributed by atoms with Crippen molar-refractivity contribution in [1.82, 2.24) is 9.78 Å². The summed E-state index contributed by atoms with van der Waals surface area (Å²) >= 11 is 6.09. The minimum atomic E-state index is 0.202. The summed E-state index contributed by atoms with van der Waals surface area (Å²) in [4.78, 5) is 12.6. The number of Topliss-reactive ketones (excluding diaryl/α,β-unsaturated/α-hetero) is 1. The molecule has 0 saturated heterocycles. The van der Waals surface area contributed by atoms with E-state index in [9.17, 15) is 4.79 Å². The van der Waals surface area contributed by atoms with Gasteiger partial charge in [0.15, 0.2) is 5.78 Å². The maximum atomic E-state index is 12.6. The number of fused-ring (bicyclic) bond motifs is 2. The van der Waals surface area contributed by atoms with Crippen molar-refractivity contribution in [3.63, 3.8) is 0 Å². The van der Waals surface area contributed by atoms with Crippen LogP contribution in [0.25, 0.3) is 0 Å². The van der Waals surface area contributed by atoms with E-state index in [1.54, 1.807) is 10.9 Å². The smallest absolute Gasteiger partial charge is 0.185 e. The fraction of sp³-hybridized carbons (Fsp3) is 0.692. The molecule has 0 spiro atoms. The second-order valence-electron chi connectivity index (χ2n) is 5.30. The number of aryl methyl sites for hydroxylation is 1. The summed E-state index contributed by atoms with van der Waals surface area (Å²) in [5.74, 6) is 1.81. The van der Waals surface area contributed by atoms with Crippen molar-refractivity contribution < 1.29 is 4.79 Å². The van der Waals surface area contributed by atoms with Crippen LogP contribution in [0.3, 0.4) is 0 Å². The van der Waals surface area contributed by atoms with Gasteiger partial charge in [-0.2, -0.15) is 5.10 Å². The van der Waals surface area contributed by atoms with Gasteiger partial charge in [-0.15, -0.1) is 0 Å². The molecule has 0 radical (unpaired) electrons. The Labute approximate surface area is 106 Å². The molecule has 2 aliphatic carbocycles. The summed E-state index contributed by atoms with van der Waals surface area (Å²) in [7, 11) is 0. The number of carbonyl (C=O) groups is 1. The van der Waals surface area contributed by atoms with Crippen molar-refractivity contribution in [1.29, 1.82) is 0 Å². The number of hydrogen-bond acceptors (Lipinski definition) is 2. The summed E-state index contributed by atoms with van der Waals surface area (Å²) in [5.41, 5.74) is 0.631. The van der Waals surface area contributed by atoms with Crippen LogP contribution in [0.15, 0.2) is 6.20 Å². The normalized spacial score (nSPS) is 31.1. The van der Waals surface area contributed by atoms with Crippen molar-refractivity contribution in [2.45, 2.75) is 39.2 Å². The van der Waals surface area contributed by atoms with Crippen molar-refractivity contribution in [3.05, 3.63) is 16.9 Å². The minimum absolute atomic E-state index is 0.202. The van der Waals surface area contributed by atoms with E-state index in [1.807, 2.05) is 6.92 Å². The molecule has 3 rings (SSSR count). The first kappa shape index (κ1) is 11.3. The van der Waals surface area contributed by atoms with E-state index in [1.165, 1.54) is 19.3 Å². The zero-order chi connectivity index (χ0) is 12.0. The molecule has 92 valence electrons. The maximum Gasteiger partial charge on any atom is 0.185 e. The molecule has 2 fully saturated rings. The lowest BCUT2D eigenvalue weighted by molar-refractivity contribution is 0.0863. The van der Waals surface area contributed by atoms with Crippen molar-refractivity contribution >= 4 is 17.4 Å². The van der Waals surface area contributed by atoms with Crippen LogP contribution in [-0.2, 0) is 6.54 Å². The van der Waals surface area contributed by atoms with Crippen molar-refractivity contribution in [2.75, 3.05) is 0 Å². The topological polar surface area (TPSA) is 34.9 Å². The molecule has 3 unspecified atom stereocenters. The van der Waals surface area contributed by atoms with Crippen molar-refractivity contribution in [3.8, 4) is 0 Å². The van der Waals surface area contributed by atoms with E-state index >= 15 is 0 Å². The highest BCUT2D eigenvalue weighted by Gasteiger charge is 2.44. The van der Waals surface area contributed by atoms with Gasteiger partial charge in [0, 0.05) is 12.5 Å². The first-order chi connectivity index (χ1) is 8.20. The Morgan fingerprint density at radius 2 is 2.35 bits per heavy atom. The Balaban J connectivity index is 1.89. The maximum absolute atomic E-state index is 12.6. The number of aromatic nitrogens is 2. The van der Waals surface area contributed by atoms with Crippen LogP contribution in [0.4, 0.5) is 0 Å². The van der Waals surface area contributed by atoms with E-state index < -0.39 is 0 Å². The molecule has 1 aromatic rings. The molecule has 3 nitrogen and oxygen atoms in total. The molecule has 1 heterocycles. The van der Waals surface area contributed by atoms with Gasteiger partial charge in [-0.1, -0.05) is 18.0 Å². The summed E-state index contributed by atoms with van der Waals surface area (Å²) in [6.45, 7) is 2.69. The number of rotatable bonds is 3. The summed E-state index contributed by atoms with van der Waals surface area (Å²) in [5, 5.41) is 4.67. The molecule has 0 amide bonds. The number of hydrogen-bond donors (Lipinski definition) is 0. The van der Waals surface area contributed by atoms with E-state index in [-0.39, 0.29) is 11.7 Å². The fourth-order valence-corrected chi connectivity index (χ4v) is 3.82. The Kier molecular flexibility index (Phi) is 2.74. The lowest BCUT2D eigenvalue weighted by atomic mass is 9.84. The van der Waals surface area contributed by atoms with Gasteiger partial charge >= 0.3 is 0 Å². The average molecular weight is 253 g/mol. The molecule has 0 N–H and O–H groups in total. The average Bonchev–Trinajstić information content (AvgIpc) is 3.01. The van der Waals surface area contributed by atoms with Gasteiger partial charge in [0.1, 0.15) is 5.69 Å². The second kappa shape index (κ2) is 4.13. The number of carbonyl (C=O) groups excluding carboxylic acids is 1. The van der Waals surface area contributed by atoms with Crippen LogP contribution < -0.4 is 0 Å². The Hall–Kier alpha value is -0.830. The van der Waals surface area contributed by atoms with E-state index in [2.05, 4.69) is 5.10 Å². The third kappa shape index (κ3) is 1.71. The van der Waals surface area contributed by atoms with E-state index in [0.29, 0.717) is 23.2 Å². The number of halogens is 1. The molecule has 2 bridgehead atoms. The van der Waals surface area contributed by atoms with Gasteiger partial charge < -0.3 is 0 Å². The summed E-state index contributed by atoms with van der Waals surface area (Å²) in [6.07, 6.45) is 6.43. The molecule has 17 heavy (non-hydrogen) atoms.